The Hall–Kier alpha value is -0.910. The number of nitrogens with zero attached hydrogens (tertiary/aromatic N) is 2. The van der Waals surface area contributed by atoms with Crippen molar-refractivity contribution in [3.05, 3.63) is 18.0 Å². The molecule has 1 heterocycles. The molecule has 2 unspecified atom stereocenters. The summed E-state index contributed by atoms with van der Waals surface area (Å²) in [5.74, 6) is 0. The number of methoxy groups -OCH3 is 2. The molecule has 0 bridgehead atoms. The minimum absolute atomic E-state index is 0.161. The smallest absolute Gasteiger partial charge is 0.0781 e. The van der Waals surface area contributed by atoms with E-state index in [2.05, 4.69) is 17.3 Å². The van der Waals surface area contributed by atoms with Crippen molar-refractivity contribution in [2.24, 2.45) is 0 Å². The minimum Gasteiger partial charge on any atom is -0.383 e. The van der Waals surface area contributed by atoms with Crippen molar-refractivity contribution in [2.75, 3.05) is 27.9 Å². The van der Waals surface area contributed by atoms with Crippen LogP contribution in [0.25, 0.3) is 0 Å². The van der Waals surface area contributed by atoms with Gasteiger partial charge in [-0.05, 0) is 19.5 Å². The van der Waals surface area contributed by atoms with Crippen LogP contribution < -0.4 is 5.32 Å². The Morgan fingerprint density at radius 1 is 1.44 bits per heavy atom. The summed E-state index contributed by atoms with van der Waals surface area (Å²) in [5, 5.41) is 7.67. The Kier molecular flexibility index (Phi) is 6.93. The lowest BCUT2D eigenvalue weighted by Crippen LogP contribution is -2.33. The fourth-order valence-electron chi connectivity index (χ4n) is 2.20. The zero-order valence-corrected chi connectivity index (χ0v) is 11.8. The first-order valence-corrected chi connectivity index (χ1v) is 6.49. The molecule has 0 aliphatic heterocycles. The summed E-state index contributed by atoms with van der Waals surface area (Å²) in [6, 6.07) is 2.20. The number of rotatable bonds is 9. The highest BCUT2D eigenvalue weighted by molar-refractivity contribution is 5.09. The molecule has 1 rings (SSSR count). The maximum atomic E-state index is 5.59. The highest BCUT2D eigenvalue weighted by atomic mass is 16.5. The second kappa shape index (κ2) is 8.24. The molecule has 0 spiro atoms. The molecular formula is C13H25N3O2. The van der Waals surface area contributed by atoms with Gasteiger partial charge in [0.2, 0.25) is 0 Å². The molecule has 0 amide bonds. The van der Waals surface area contributed by atoms with Crippen LogP contribution in [0.1, 0.15) is 31.5 Å². The van der Waals surface area contributed by atoms with Crippen molar-refractivity contribution < 1.29 is 9.47 Å². The van der Waals surface area contributed by atoms with E-state index in [9.17, 15) is 0 Å². The van der Waals surface area contributed by atoms with Gasteiger partial charge in [0.05, 0.1) is 31.0 Å². The molecule has 0 saturated carbocycles. The van der Waals surface area contributed by atoms with Gasteiger partial charge in [-0.15, -0.1) is 0 Å². The van der Waals surface area contributed by atoms with Crippen LogP contribution in [0, 0.1) is 0 Å². The van der Waals surface area contributed by atoms with Crippen molar-refractivity contribution in [2.45, 2.75) is 38.5 Å². The van der Waals surface area contributed by atoms with Gasteiger partial charge in [0.1, 0.15) is 0 Å². The van der Waals surface area contributed by atoms with E-state index in [1.165, 1.54) is 0 Å². The molecule has 0 saturated heterocycles. The molecule has 0 radical (unpaired) electrons. The second-order valence-corrected chi connectivity index (χ2v) is 4.30. The van der Waals surface area contributed by atoms with Crippen LogP contribution in [0.4, 0.5) is 0 Å². The number of ether oxygens (including phenoxy) is 2. The van der Waals surface area contributed by atoms with Crippen LogP contribution in [0.2, 0.25) is 0 Å². The standard InChI is InChI=1S/C13H25N3O2/c1-5-6-12(18-4)13(14-2)11-7-8-15-16(11)9-10-17-3/h7-8,12-14H,5-6,9-10H2,1-4H3. The predicted octanol–water partition coefficient (Wildman–Crippen LogP) is 1.61. The molecular weight excluding hydrogens is 230 g/mol. The van der Waals surface area contributed by atoms with Crippen molar-refractivity contribution in [3.63, 3.8) is 0 Å². The predicted molar refractivity (Wildman–Crippen MR) is 71.6 cm³/mol. The largest absolute Gasteiger partial charge is 0.383 e. The Balaban J connectivity index is 2.82. The minimum atomic E-state index is 0.161. The zero-order valence-electron chi connectivity index (χ0n) is 11.8. The van der Waals surface area contributed by atoms with E-state index in [-0.39, 0.29) is 12.1 Å². The Labute approximate surface area is 109 Å². The molecule has 18 heavy (non-hydrogen) atoms. The Bertz CT molecular complexity index is 328. The maximum absolute atomic E-state index is 5.59. The molecule has 104 valence electrons. The summed E-state index contributed by atoms with van der Waals surface area (Å²) < 4.78 is 12.7. The normalized spacial score (nSPS) is 14.7. The molecule has 2 atom stereocenters. The van der Waals surface area contributed by atoms with Gasteiger partial charge in [0.15, 0.2) is 0 Å². The zero-order chi connectivity index (χ0) is 13.4. The SMILES string of the molecule is CCCC(OC)C(NC)c1ccnn1CCOC. The van der Waals surface area contributed by atoms with Crippen molar-refractivity contribution >= 4 is 0 Å². The highest BCUT2D eigenvalue weighted by Crippen LogP contribution is 2.21. The quantitative estimate of drug-likeness (QED) is 0.728. The molecule has 1 aromatic rings. The van der Waals surface area contributed by atoms with Crippen molar-refractivity contribution in [1.82, 2.24) is 15.1 Å². The third-order valence-corrected chi connectivity index (χ3v) is 3.13. The van der Waals surface area contributed by atoms with E-state index in [1.807, 2.05) is 24.0 Å². The van der Waals surface area contributed by atoms with E-state index >= 15 is 0 Å². The van der Waals surface area contributed by atoms with Crippen molar-refractivity contribution in [1.29, 1.82) is 0 Å². The van der Waals surface area contributed by atoms with Gasteiger partial charge in [-0.3, -0.25) is 4.68 Å². The summed E-state index contributed by atoms with van der Waals surface area (Å²) in [6.45, 7) is 3.59. The maximum Gasteiger partial charge on any atom is 0.0781 e. The van der Waals surface area contributed by atoms with Crippen LogP contribution in [-0.2, 0) is 16.0 Å². The van der Waals surface area contributed by atoms with Crippen molar-refractivity contribution in [3.8, 4) is 0 Å². The van der Waals surface area contributed by atoms with E-state index in [1.54, 1.807) is 14.2 Å². The van der Waals surface area contributed by atoms with Gasteiger partial charge < -0.3 is 14.8 Å². The first kappa shape index (κ1) is 15.1. The summed E-state index contributed by atoms with van der Waals surface area (Å²) >= 11 is 0. The first-order valence-electron chi connectivity index (χ1n) is 6.49. The Morgan fingerprint density at radius 2 is 2.22 bits per heavy atom. The van der Waals surface area contributed by atoms with Crippen LogP contribution in [0.5, 0.6) is 0 Å². The summed E-state index contributed by atoms with van der Waals surface area (Å²) in [4.78, 5) is 0. The van der Waals surface area contributed by atoms with Gasteiger partial charge in [-0.1, -0.05) is 13.3 Å². The average molecular weight is 255 g/mol. The third-order valence-electron chi connectivity index (χ3n) is 3.13. The van der Waals surface area contributed by atoms with E-state index < -0.39 is 0 Å². The monoisotopic (exact) mass is 255 g/mol. The highest BCUT2D eigenvalue weighted by Gasteiger charge is 2.23. The molecule has 0 aromatic carbocycles. The van der Waals surface area contributed by atoms with Crippen LogP contribution in [0.15, 0.2) is 12.3 Å². The average Bonchev–Trinajstić information content (AvgIpc) is 2.84. The van der Waals surface area contributed by atoms with Crippen LogP contribution in [-0.4, -0.2) is 43.8 Å². The number of nitrogens with one attached hydrogen (secondary N) is 1. The lowest BCUT2D eigenvalue weighted by molar-refractivity contribution is 0.0596. The number of aromatic nitrogens is 2. The lowest BCUT2D eigenvalue weighted by Gasteiger charge is -2.26. The van der Waals surface area contributed by atoms with E-state index in [0.29, 0.717) is 6.61 Å². The summed E-state index contributed by atoms with van der Waals surface area (Å²) in [6.07, 6.45) is 4.12. The molecule has 1 N–H and O–H groups in total. The molecule has 0 aliphatic rings. The van der Waals surface area contributed by atoms with Gasteiger partial charge >= 0.3 is 0 Å². The molecule has 0 fully saturated rings. The number of hydrogen-bond donors (Lipinski definition) is 1. The first-order chi connectivity index (χ1) is 8.78. The number of hydrogen-bond acceptors (Lipinski definition) is 4. The van der Waals surface area contributed by atoms with Gasteiger partial charge in [0, 0.05) is 20.4 Å². The molecule has 5 nitrogen and oxygen atoms in total. The fraction of sp³-hybridized carbons (Fsp3) is 0.769. The molecule has 5 heteroatoms. The van der Waals surface area contributed by atoms with Crippen LogP contribution in [0.3, 0.4) is 0 Å². The van der Waals surface area contributed by atoms with Gasteiger partial charge in [-0.2, -0.15) is 5.10 Å². The van der Waals surface area contributed by atoms with E-state index in [4.69, 9.17) is 9.47 Å². The lowest BCUT2D eigenvalue weighted by atomic mass is 10.0. The fourth-order valence-corrected chi connectivity index (χ4v) is 2.20. The molecule has 1 aromatic heterocycles. The van der Waals surface area contributed by atoms with Gasteiger partial charge in [-0.25, -0.2) is 0 Å². The second-order valence-electron chi connectivity index (χ2n) is 4.30. The van der Waals surface area contributed by atoms with Gasteiger partial charge in [0.25, 0.3) is 0 Å². The third kappa shape index (κ3) is 3.80. The van der Waals surface area contributed by atoms with Crippen LogP contribution >= 0.6 is 0 Å². The summed E-state index contributed by atoms with van der Waals surface area (Å²) in [5.41, 5.74) is 1.15. The topological polar surface area (TPSA) is 48.3 Å². The number of likely N-dealkylation sites (N-methyl/N-ethyl adjacent to an activating group) is 1. The van der Waals surface area contributed by atoms with E-state index in [0.717, 1.165) is 25.1 Å². The Morgan fingerprint density at radius 3 is 2.78 bits per heavy atom. The summed E-state index contributed by atoms with van der Waals surface area (Å²) in [7, 11) is 5.42. The molecule has 0 aliphatic carbocycles.